The van der Waals surface area contributed by atoms with Crippen molar-refractivity contribution in [1.29, 1.82) is 0 Å². The van der Waals surface area contributed by atoms with Crippen LogP contribution in [0.1, 0.15) is 35.9 Å². The minimum absolute atomic E-state index is 0.0324. The molecular formula is C23H23ClN4O6. The van der Waals surface area contributed by atoms with Crippen LogP contribution in [0.5, 0.6) is 11.5 Å². The molecule has 0 atom stereocenters. The first-order valence-electron chi connectivity index (χ1n) is 10.8. The molecule has 0 unspecified atom stereocenters. The summed E-state index contributed by atoms with van der Waals surface area (Å²) in [7, 11) is 0. The maximum atomic E-state index is 12.4. The lowest BCUT2D eigenvalue weighted by atomic mass is 10.1. The van der Waals surface area contributed by atoms with E-state index in [2.05, 4.69) is 15.5 Å². The zero-order valence-corrected chi connectivity index (χ0v) is 19.4. The number of fused-ring (bicyclic) bond motifs is 1. The van der Waals surface area contributed by atoms with E-state index in [0.29, 0.717) is 53.8 Å². The van der Waals surface area contributed by atoms with E-state index in [4.69, 9.17) is 30.0 Å². The lowest BCUT2D eigenvalue weighted by Crippen LogP contribution is -2.26. The SMILES string of the molecule is CCOc1ccc(CCNC(=O)c2nc(Cn3c(=O)oc4ccc(Cl)cc43)no2)cc1OCC. The van der Waals surface area contributed by atoms with Gasteiger partial charge < -0.3 is 23.7 Å². The summed E-state index contributed by atoms with van der Waals surface area (Å²) in [6, 6.07) is 10.5. The van der Waals surface area contributed by atoms with Gasteiger partial charge in [-0.1, -0.05) is 22.8 Å². The van der Waals surface area contributed by atoms with Crippen molar-refractivity contribution in [2.75, 3.05) is 19.8 Å². The first-order chi connectivity index (χ1) is 16.5. The van der Waals surface area contributed by atoms with Crippen LogP contribution in [0.25, 0.3) is 11.1 Å². The summed E-state index contributed by atoms with van der Waals surface area (Å²) in [5.74, 6) is 0.204. The van der Waals surface area contributed by atoms with Gasteiger partial charge in [-0.3, -0.25) is 9.36 Å². The topological polar surface area (TPSA) is 122 Å². The van der Waals surface area contributed by atoms with Crippen molar-refractivity contribution < 1.29 is 23.2 Å². The van der Waals surface area contributed by atoms with Crippen LogP contribution in [-0.4, -0.2) is 40.4 Å². The Labute approximate surface area is 199 Å². The Morgan fingerprint density at radius 3 is 2.71 bits per heavy atom. The Morgan fingerprint density at radius 2 is 1.91 bits per heavy atom. The van der Waals surface area contributed by atoms with Crippen LogP contribution in [0.2, 0.25) is 5.02 Å². The van der Waals surface area contributed by atoms with E-state index >= 15 is 0 Å². The third-order valence-corrected chi connectivity index (χ3v) is 5.13. The second-order valence-electron chi connectivity index (χ2n) is 7.23. The highest BCUT2D eigenvalue weighted by molar-refractivity contribution is 6.31. The highest BCUT2D eigenvalue weighted by atomic mass is 35.5. The summed E-state index contributed by atoms with van der Waals surface area (Å²) in [6.45, 7) is 5.19. The zero-order valence-electron chi connectivity index (χ0n) is 18.7. The molecule has 0 saturated heterocycles. The van der Waals surface area contributed by atoms with Crippen LogP contribution in [0, 0.1) is 0 Å². The first kappa shape index (κ1) is 23.4. The number of nitrogens with zero attached hydrogens (tertiary/aromatic N) is 3. The molecular weight excluding hydrogens is 464 g/mol. The summed E-state index contributed by atoms with van der Waals surface area (Å²) in [6.07, 6.45) is 0.566. The number of rotatable bonds is 10. The number of ether oxygens (including phenoxy) is 2. The molecule has 178 valence electrons. The second-order valence-corrected chi connectivity index (χ2v) is 7.67. The lowest BCUT2D eigenvalue weighted by molar-refractivity contribution is 0.0910. The summed E-state index contributed by atoms with van der Waals surface area (Å²) in [5.41, 5.74) is 1.86. The average Bonchev–Trinajstić information content (AvgIpc) is 3.41. The number of carbonyl (C=O) groups excluding carboxylic acids is 1. The fourth-order valence-corrected chi connectivity index (χ4v) is 3.55. The molecule has 2 aromatic heterocycles. The molecule has 0 aliphatic carbocycles. The van der Waals surface area contributed by atoms with Crippen molar-refractivity contribution in [2.45, 2.75) is 26.8 Å². The van der Waals surface area contributed by atoms with Gasteiger partial charge in [0.15, 0.2) is 22.9 Å². The standard InChI is InChI=1S/C23H23ClN4O6/c1-3-31-18-7-5-14(11-19(18)32-4-2)9-10-25-21(29)22-26-20(27-34-22)13-28-16-12-15(24)6-8-17(16)33-23(28)30/h5-8,11-12H,3-4,9-10,13H2,1-2H3,(H,25,29). The van der Waals surface area contributed by atoms with E-state index in [1.807, 2.05) is 32.0 Å². The van der Waals surface area contributed by atoms with Crippen molar-refractivity contribution in [3.05, 3.63) is 69.3 Å². The highest BCUT2D eigenvalue weighted by Gasteiger charge is 2.18. The van der Waals surface area contributed by atoms with Gasteiger partial charge >= 0.3 is 17.6 Å². The van der Waals surface area contributed by atoms with Crippen LogP contribution in [-0.2, 0) is 13.0 Å². The van der Waals surface area contributed by atoms with Gasteiger partial charge in [-0.25, -0.2) is 4.79 Å². The molecule has 11 heteroatoms. The molecule has 2 heterocycles. The molecule has 1 amide bonds. The van der Waals surface area contributed by atoms with Gasteiger partial charge in [0.25, 0.3) is 0 Å². The van der Waals surface area contributed by atoms with Crippen molar-refractivity contribution in [3.8, 4) is 11.5 Å². The molecule has 0 aliphatic rings. The number of oxazole rings is 1. The fraction of sp³-hybridized carbons (Fsp3) is 0.304. The van der Waals surface area contributed by atoms with E-state index in [1.165, 1.54) is 4.57 Å². The monoisotopic (exact) mass is 486 g/mol. The van der Waals surface area contributed by atoms with Crippen molar-refractivity contribution in [1.82, 2.24) is 20.0 Å². The van der Waals surface area contributed by atoms with E-state index < -0.39 is 11.7 Å². The molecule has 4 aromatic rings. The molecule has 0 saturated carbocycles. The largest absolute Gasteiger partial charge is 0.490 e. The van der Waals surface area contributed by atoms with E-state index in [9.17, 15) is 9.59 Å². The number of nitrogens with one attached hydrogen (secondary N) is 1. The Kier molecular flexibility index (Phi) is 7.17. The second kappa shape index (κ2) is 10.4. The number of amides is 1. The van der Waals surface area contributed by atoms with Gasteiger partial charge in [0.2, 0.25) is 0 Å². The first-order valence-corrected chi connectivity index (χ1v) is 11.1. The molecule has 0 radical (unpaired) electrons. The van der Waals surface area contributed by atoms with Gasteiger partial charge in [-0.2, -0.15) is 4.98 Å². The third-order valence-electron chi connectivity index (χ3n) is 4.90. The maximum Gasteiger partial charge on any atom is 0.420 e. The number of hydrogen-bond acceptors (Lipinski definition) is 8. The molecule has 2 aromatic carbocycles. The minimum Gasteiger partial charge on any atom is -0.490 e. The smallest absolute Gasteiger partial charge is 0.420 e. The molecule has 0 aliphatic heterocycles. The predicted molar refractivity (Wildman–Crippen MR) is 124 cm³/mol. The third kappa shape index (κ3) is 5.23. The molecule has 1 N–H and O–H groups in total. The summed E-state index contributed by atoms with van der Waals surface area (Å²) >= 11 is 6.01. The number of halogens is 1. The van der Waals surface area contributed by atoms with Crippen LogP contribution in [0.3, 0.4) is 0 Å². The van der Waals surface area contributed by atoms with E-state index in [-0.39, 0.29) is 18.3 Å². The van der Waals surface area contributed by atoms with Crippen molar-refractivity contribution in [2.24, 2.45) is 0 Å². The Morgan fingerprint density at radius 1 is 1.12 bits per heavy atom. The van der Waals surface area contributed by atoms with Crippen molar-refractivity contribution >= 4 is 28.6 Å². The molecule has 0 spiro atoms. The van der Waals surface area contributed by atoms with Crippen molar-refractivity contribution in [3.63, 3.8) is 0 Å². The summed E-state index contributed by atoms with van der Waals surface area (Å²) < 4.78 is 22.8. The zero-order chi connectivity index (χ0) is 24.1. The van der Waals surface area contributed by atoms with E-state index in [0.717, 1.165) is 5.56 Å². The maximum absolute atomic E-state index is 12.4. The van der Waals surface area contributed by atoms with Gasteiger partial charge in [0, 0.05) is 11.6 Å². The Bertz CT molecular complexity index is 1360. The number of carbonyl (C=O) groups is 1. The van der Waals surface area contributed by atoms with Crippen LogP contribution in [0.15, 0.2) is 50.1 Å². The lowest BCUT2D eigenvalue weighted by Gasteiger charge is -2.12. The van der Waals surface area contributed by atoms with Gasteiger partial charge in [-0.15, -0.1) is 0 Å². The van der Waals surface area contributed by atoms with Crippen LogP contribution < -0.4 is 20.5 Å². The van der Waals surface area contributed by atoms with E-state index in [1.54, 1.807) is 18.2 Å². The van der Waals surface area contributed by atoms with Gasteiger partial charge in [0.05, 0.1) is 25.3 Å². The minimum atomic E-state index is -0.588. The molecule has 4 rings (SSSR count). The number of hydrogen-bond donors (Lipinski definition) is 1. The Hall–Kier alpha value is -3.79. The van der Waals surface area contributed by atoms with Crippen LogP contribution >= 0.6 is 11.6 Å². The van der Waals surface area contributed by atoms with Gasteiger partial charge in [0.1, 0.15) is 0 Å². The normalized spacial score (nSPS) is 11.0. The summed E-state index contributed by atoms with van der Waals surface area (Å²) in [5, 5.41) is 7.00. The molecule has 0 bridgehead atoms. The molecule has 10 nitrogen and oxygen atoms in total. The fourth-order valence-electron chi connectivity index (χ4n) is 3.38. The van der Waals surface area contributed by atoms with Crippen LogP contribution in [0.4, 0.5) is 0 Å². The highest BCUT2D eigenvalue weighted by Crippen LogP contribution is 2.28. The number of benzene rings is 2. The average molecular weight is 487 g/mol. The quantitative estimate of drug-likeness (QED) is 0.361. The number of aromatic nitrogens is 3. The predicted octanol–water partition coefficient (Wildman–Crippen LogP) is 3.45. The Balaban J connectivity index is 1.37. The molecule has 34 heavy (non-hydrogen) atoms. The summed E-state index contributed by atoms with van der Waals surface area (Å²) in [4.78, 5) is 28.7. The van der Waals surface area contributed by atoms with Gasteiger partial charge in [-0.05, 0) is 56.2 Å². The molecule has 0 fully saturated rings.